The topological polar surface area (TPSA) is 123 Å². The molecule has 0 unspecified atom stereocenters. The van der Waals surface area contributed by atoms with E-state index >= 15 is 0 Å². The summed E-state index contributed by atoms with van der Waals surface area (Å²) in [6, 6.07) is 5.06. The third-order valence-corrected chi connectivity index (χ3v) is 4.50. The van der Waals surface area contributed by atoms with E-state index in [1.807, 2.05) is 0 Å². The summed E-state index contributed by atoms with van der Waals surface area (Å²) in [6.07, 6.45) is -5.29. The Balaban J connectivity index is 2.08. The number of esters is 1. The van der Waals surface area contributed by atoms with E-state index in [2.05, 4.69) is 0 Å². The molecule has 2 rings (SSSR count). The molecule has 1 aromatic rings. The number of carboxylic acid groups (broad SMARTS) is 1. The van der Waals surface area contributed by atoms with Crippen molar-refractivity contribution in [2.45, 2.75) is 58.9 Å². The maximum Gasteiger partial charge on any atom is 0.333 e. The van der Waals surface area contributed by atoms with E-state index in [9.17, 15) is 24.9 Å². The van der Waals surface area contributed by atoms with Crippen LogP contribution in [-0.4, -0.2) is 51.9 Å². The van der Waals surface area contributed by atoms with Gasteiger partial charge in [0.25, 0.3) is 0 Å². The van der Waals surface area contributed by atoms with Gasteiger partial charge in [0.05, 0.1) is 12.0 Å². The Hall–Kier alpha value is -2.16. The van der Waals surface area contributed by atoms with Crippen molar-refractivity contribution in [3.05, 3.63) is 29.3 Å². The molecule has 0 amide bonds. The molecule has 1 fully saturated rings. The van der Waals surface area contributed by atoms with Gasteiger partial charge in [0.15, 0.2) is 6.10 Å². The third kappa shape index (κ3) is 4.97. The van der Waals surface area contributed by atoms with E-state index in [-0.39, 0.29) is 18.5 Å². The molecule has 1 aliphatic heterocycles. The van der Waals surface area contributed by atoms with Crippen molar-refractivity contribution < 1.29 is 39.1 Å². The van der Waals surface area contributed by atoms with Crippen LogP contribution in [0.15, 0.2) is 18.2 Å². The number of carboxylic acids is 1. The van der Waals surface area contributed by atoms with Crippen molar-refractivity contribution in [1.82, 2.24) is 0 Å². The number of hydrogen-bond acceptors (Lipinski definition) is 7. The number of rotatable bonds is 6. The van der Waals surface area contributed by atoms with Crippen molar-refractivity contribution in [2.75, 3.05) is 0 Å². The number of benzene rings is 1. The number of aliphatic carboxylic acids is 1. The highest BCUT2D eigenvalue weighted by Crippen LogP contribution is 2.29. The molecule has 1 aromatic carbocycles. The molecule has 0 bridgehead atoms. The zero-order valence-electron chi connectivity index (χ0n) is 15.8. The molecule has 8 nitrogen and oxygen atoms in total. The van der Waals surface area contributed by atoms with Crippen LogP contribution in [0.4, 0.5) is 0 Å². The van der Waals surface area contributed by atoms with Crippen molar-refractivity contribution in [2.24, 2.45) is 11.8 Å². The second-order valence-electron chi connectivity index (χ2n) is 7.08. The summed E-state index contributed by atoms with van der Waals surface area (Å²) in [7, 11) is 0. The van der Waals surface area contributed by atoms with Gasteiger partial charge in [0, 0.05) is 5.92 Å². The van der Waals surface area contributed by atoms with E-state index in [1.165, 1.54) is 6.92 Å². The van der Waals surface area contributed by atoms with Gasteiger partial charge in [0.2, 0.25) is 6.29 Å². The molecule has 1 aliphatic rings. The van der Waals surface area contributed by atoms with Crippen LogP contribution in [0.3, 0.4) is 0 Å². The molecular formula is C19H26O8. The molecule has 0 radical (unpaired) electrons. The minimum Gasteiger partial charge on any atom is -0.479 e. The number of carbonyl (C=O) groups is 2. The first kappa shape index (κ1) is 21.1. The molecule has 0 aliphatic carbocycles. The molecule has 150 valence electrons. The number of aliphatic hydroxyl groups is 2. The Morgan fingerprint density at radius 3 is 2.44 bits per heavy atom. The molecular weight excluding hydrogens is 356 g/mol. The van der Waals surface area contributed by atoms with Crippen LogP contribution in [0.2, 0.25) is 0 Å². The molecule has 0 saturated carbocycles. The van der Waals surface area contributed by atoms with E-state index in [0.29, 0.717) is 11.3 Å². The normalized spacial score (nSPS) is 28.0. The Labute approximate surface area is 157 Å². The van der Waals surface area contributed by atoms with Gasteiger partial charge in [-0.15, -0.1) is 0 Å². The van der Waals surface area contributed by atoms with Gasteiger partial charge in [-0.2, -0.15) is 0 Å². The lowest BCUT2D eigenvalue weighted by atomic mass is 9.91. The summed E-state index contributed by atoms with van der Waals surface area (Å²) in [4.78, 5) is 22.8. The van der Waals surface area contributed by atoms with Gasteiger partial charge in [-0.1, -0.05) is 26.8 Å². The Morgan fingerprint density at radius 2 is 1.89 bits per heavy atom. The molecule has 0 spiro atoms. The average molecular weight is 382 g/mol. The van der Waals surface area contributed by atoms with Gasteiger partial charge < -0.3 is 29.5 Å². The minimum absolute atomic E-state index is 0.123. The summed E-state index contributed by atoms with van der Waals surface area (Å²) in [5.74, 6) is -2.16. The SMILES string of the molecule is Cc1cc(COC(=O)C(C)C)ccc1O[C@H]1O[C@H](C(=O)O)[C@@H](C)[C@H](O)[C@H]1O. The van der Waals surface area contributed by atoms with Gasteiger partial charge in [-0.3, -0.25) is 4.79 Å². The lowest BCUT2D eigenvalue weighted by Crippen LogP contribution is -2.57. The summed E-state index contributed by atoms with van der Waals surface area (Å²) in [5.41, 5.74) is 1.44. The number of carbonyl (C=O) groups excluding carboxylic acids is 1. The number of aliphatic hydroxyl groups excluding tert-OH is 2. The molecule has 5 atom stereocenters. The highest BCUT2D eigenvalue weighted by Gasteiger charge is 2.46. The first-order chi connectivity index (χ1) is 12.6. The van der Waals surface area contributed by atoms with Crippen LogP contribution in [0.5, 0.6) is 5.75 Å². The largest absolute Gasteiger partial charge is 0.479 e. The quantitative estimate of drug-likeness (QED) is 0.628. The zero-order chi connectivity index (χ0) is 20.3. The predicted octanol–water partition coefficient (Wildman–Crippen LogP) is 1.24. The second-order valence-corrected chi connectivity index (χ2v) is 7.08. The van der Waals surface area contributed by atoms with E-state index in [1.54, 1.807) is 39.0 Å². The Morgan fingerprint density at radius 1 is 1.22 bits per heavy atom. The fraction of sp³-hybridized carbons (Fsp3) is 0.579. The molecule has 0 aromatic heterocycles. The van der Waals surface area contributed by atoms with Crippen molar-refractivity contribution in [1.29, 1.82) is 0 Å². The van der Waals surface area contributed by atoms with Crippen LogP contribution < -0.4 is 4.74 Å². The van der Waals surface area contributed by atoms with Crippen molar-refractivity contribution in [3.8, 4) is 5.75 Å². The Kier molecular flexibility index (Phi) is 6.80. The Bertz CT molecular complexity index is 686. The van der Waals surface area contributed by atoms with Gasteiger partial charge >= 0.3 is 11.9 Å². The number of hydrogen-bond donors (Lipinski definition) is 3. The summed E-state index contributed by atoms with van der Waals surface area (Å²) in [6.45, 7) is 6.87. The predicted molar refractivity (Wildman–Crippen MR) is 93.9 cm³/mol. The highest BCUT2D eigenvalue weighted by atomic mass is 16.7. The maximum absolute atomic E-state index is 11.5. The van der Waals surface area contributed by atoms with Gasteiger partial charge in [-0.05, 0) is 30.2 Å². The van der Waals surface area contributed by atoms with Crippen LogP contribution >= 0.6 is 0 Å². The summed E-state index contributed by atoms with van der Waals surface area (Å²) in [5, 5.41) is 29.4. The van der Waals surface area contributed by atoms with Gasteiger partial charge in [-0.25, -0.2) is 4.79 Å². The third-order valence-electron chi connectivity index (χ3n) is 4.50. The summed E-state index contributed by atoms with van der Waals surface area (Å²) >= 11 is 0. The molecule has 1 saturated heterocycles. The van der Waals surface area contributed by atoms with Gasteiger partial charge in [0.1, 0.15) is 18.5 Å². The molecule has 27 heavy (non-hydrogen) atoms. The second kappa shape index (κ2) is 8.69. The minimum atomic E-state index is -1.39. The monoisotopic (exact) mass is 382 g/mol. The van der Waals surface area contributed by atoms with E-state index in [0.717, 1.165) is 5.56 Å². The first-order valence-corrected chi connectivity index (χ1v) is 8.79. The number of aryl methyl sites for hydroxylation is 1. The highest BCUT2D eigenvalue weighted by molar-refractivity contribution is 5.73. The van der Waals surface area contributed by atoms with E-state index in [4.69, 9.17) is 14.2 Å². The smallest absolute Gasteiger partial charge is 0.333 e. The molecule has 3 N–H and O–H groups in total. The fourth-order valence-corrected chi connectivity index (χ4v) is 2.76. The fourth-order valence-electron chi connectivity index (χ4n) is 2.76. The molecule has 8 heteroatoms. The standard InChI is InChI=1S/C19H26O8/c1-9(2)18(24)25-8-12-5-6-13(10(3)7-12)26-19-15(21)14(20)11(4)16(27-19)17(22)23/h5-7,9,11,14-16,19-21H,8H2,1-4H3,(H,22,23)/t11-,14-,15+,16-,19-/m0/s1. The maximum atomic E-state index is 11.5. The lowest BCUT2D eigenvalue weighted by molar-refractivity contribution is -0.256. The van der Waals surface area contributed by atoms with Crippen molar-refractivity contribution in [3.63, 3.8) is 0 Å². The zero-order valence-corrected chi connectivity index (χ0v) is 15.8. The van der Waals surface area contributed by atoms with Crippen LogP contribution in [-0.2, 0) is 25.7 Å². The van der Waals surface area contributed by atoms with Crippen LogP contribution in [0, 0.1) is 18.8 Å². The first-order valence-electron chi connectivity index (χ1n) is 8.79. The van der Waals surface area contributed by atoms with Crippen molar-refractivity contribution >= 4 is 11.9 Å². The molecule has 1 heterocycles. The average Bonchev–Trinajstić information content (AvgIpc) is 2.61. The van der Waals surface area contributed by atoms with E-state index < -0.39 is 36.5 Å². The van der Waals surface area contributed by atoms with Crippen LogP contribution in [0.1, 0.15) is 31.9 Å². The number of ether oxygens (including phenoxy) is 3. The summed E-state index contributed by atoms with van der Waals surface area (Å²) < 4.78 is 16.1. The lowest BCUT2D eigenvalue weighted by Gasteiger charge is -2.39. The van der Waals surface area contributed by atoms with Crippen LogP contribution in [0.25, 0.3) is 0 Å².